The predicted molar refractivity (Wildman–Crippen MR) is 67.3 cm³/mol. The second kappa shape index (κ2) is 4.87. The third-order valence-electron chi connectivity index (χ3n) is 3.61. The molecule has 6 nitrogen and oxygen atoms in total. The first kappa shape index (κ1) is 13.3. The molecular weight excluding hydrogens is 248 g/mol. The number of carbonyl (C=O) groups is 2. The maximum atomic E-state index is 12.0. The fraction of sp³-hybridized carbons (Fsp3) is 0.462. The Morgan fingerprint density at radius 3 is 2.32 bits per heavy atom. The molecule has 1 amide bonds. The summed E-state index contributed by atoms with van der Waals surface area (Å²) in [6.45, 7) is 4.11. The number of hydrogen-bond donors (Lipinski definition) is 2. The van der Waals surface area contributed by atoms with Crippen LogP contribution in [0.1, 0.15) is 34.8 Å². The van der Waals surface area contributed by atoms with Crippen LogP contribution in [0.15, 0.2) is 12.1 Å². The summed E-state index contributed by atoms with van der Waals surface area (Å²) < 4.78 is 4.98. The SMILES string of the molecule is COc1cc(C(=O)O)nc(C(=O)NC2[C@@H](C)[C@H]2C)c1. The van der Waals surface area contributed by atoms with Gasteiger partial charge in [0.1, 0.15) is 11.4 Å². The number of hydrogen-bond acceptors (Lipinski definition) is 4. The molecule has 1 aliphatic carbocycles. The summed E-state index contributed by atoms with van der Waals surface area (Å²) in [7, 11) is 1.41. The summed E-state index contributed by atoms with van der Waals surface area (Å²) in [6, 6.07) is 2.84. The van der Waals surface area contributed by atoms with Crippen molar-refractivity contribution in [3.05, 3.63) is 23.5 Å². The van der Waals surface area contributed by atoms with E-state index in [1.807, 2.05) is 0 Å². The zero-order valence-corrected chi connectivity index (χ0v) is 11.0. The van der Waals surface area contributed by atoms with E-state index in [1.165, 1.54) is 19.2 Å². The number of carboxylic acid groups (broad SMARTS) is 1. The van der Waals surface area contributed by atoms with Crippen molar-refractivity contribution >= 4 is 11.9 Å². The van der Waals surface area contributed by atoms with Crippen LogP contribution in [0.5, 0.6) is 5.75 Å². The summed E-state index contributed by atoms with van der Waals surface area (Å²) in [4.78, 5) is 26.8. The molecule has 0 aliphatic heterocycles. The first-order valence-corrected chi connectivity index (χ1v) is 6.04. The number of ether oxygens (including phenoxy) is 1. The molecule has 2 rings (SSSR count). The fourth-order valence-electron chi connectivity index (χ4n) is 2.00. The van der Waals surface area contributed by atoms with E-state index in [9.17, 15) is 9.59 Å². The summed E-state index contributed by atoms with van der Waals surface area (Å²) in [5.74, 6) is -0.389. The third-order valence-corrected chi connectivity index (χ3v) is 3.61. The lowest BCUT2D eigenvalue weighted by Gasteiger charge is -2.07. The van der Waals surface area contributed by atoms with Crippen LogP contribution in [0.4, 0.5) is 0 Å². The Bertz CT molecular complexity index is 521. The normalized spacial score (nSPS) is 24.7. The molecule has 1 heterocycles. The van der Waals surface area contributed by atoms with E-state index in [1.54, 1.807) is 0 Å². The number of pyridine rings is 1. The predicted octanol–water partition coefficient (Wildman–Crippen LogP) is 1.17. The van der Waals surface area contributed by atoms with Crippen molar-refractivity contribution in [1.82, 2.24) is 10.3 Å². The highest BCUT2D eigenvalue weighted by molar-refractivity contribution is 5.95. The van der Waals surface area contributed by atoms with Crippen LogP contribution in [0.2, 0.25) is 0 Å². The minimum atomic E-state index is -1.19. The van der Waals surface area contributed by atoms with Crippen LogP contribution in [-0.2, 0) is 0 Å². The van der Waals surface area contributed by atoms with Crippen molar-refractivity contribution < 1.29 is 19.4 Å². The molecule has 1 aromatic rings. The molecule has 6 heteroatoms. The Morgan fingerprint density at radius 1 is 1.26 bits per heavy atom. The van der Waals surface area contributed by atoms with E-state index in [-0.39, 0.29) is 23.3 Å². The van der Waals surface area contributed by atoms with Crippen molar-refractivity contribution in [2.24, 2.45) is 11.8 Å². The van der Waals surface area contributed by atoms with Gasteiger partial charge in [-0.05, 0) is 11.8 Å². The van der Waals surface area contributed by atoms with E-state index in [4.69, 9.17) is 9.84 Å². The first-order chi connectivity index (χ1) is 8.93. The van der Waals surface area contributed by atoms with Crippen molar-refractivity contribution in [1.29, 1.82) is 0 Å². The molecule has 19 heavy (non-hydrogen) atoms. The van der Waals surface area contributed by atoms with E-state index >= 15 is 0 Å². The largest absolute Gasteiger partial charge is 0.497 e. The Morgan fingerprint density at radius 2 is 1.84 bits per heavy atom. The molecular formula is C13H16N2O4. The Labute approximate surface area is 110 Å². The zero-order valence-electron chi connectivity index (χ0n) is 11.0. The number of aromatic carboxylic acids is 1. The molecule has 0 saturated heterocycles. The summed E-state index contributed by atoms with van der Waals surface area (Å²) in [5, 5.41) is 11.8. The lowest BCUT2D eigenvalue weighted by molar-refractivity contribution is 0.0690. The summed E-state index contributed by atoms with van der Waals surface area (Å²) in [6.07, 6.45) is 0. The van der Waals surface area contributed by atoms with E-state index < -0.39 is 5.97 Å². The van der Waals surface area contributed by atoms with Gasteiger partial charge in [-0.15, -0.1) is 0 Å². The lowest BCUT2D eigenvalue weighted by Crippen LogP contribution is -2.28. The van der Waals surface area contributed by atoms with Crippen LogP contribution in [0, 0.1) is 11.8 Å². The van der Waals surface area contributed by atoms with Crippen LogP contribution in [-0.4, -0.2) is 35.1 Å². The Kier molecular flexibility index (Phi) is 3.42. The zero-order chi connectivity index (χ0) is 14.2. The molecule has 0 radical (unpaired) electrons. The minimum Gasteiger partial charge on any atom is -0.497 e. The van der Waals surface area contributed by atoms with Gasteiger partial charge in [0.15, 0.2) is 5.69 Å². The van der Waals surface area contributed by atoms with Crippen molar-refractivity contribution in [2.75, 3.05) is 7.11 Å². The molecule has 0 spiro atoms. The maximum Gasteiger partial charge on any atom is 0.354 e. The number of nitrogens with zero attached hydrogens (tertiary/aromatic N) is 1. The number of carbonyl (C=O) groups excluding carboxylic acids is 1. The van der Waals surface area contributed by atoms with Crippen LogP contribution in [0.25, 0.3) is 0 Å². The van der Waals surface area contributed by atoms with E-state index in [0.717, 1.165) is 0 Å². The van der Waals surface area contributed by atoms with Gasteiger partial charge in [0.05, 0.1) is 7.11 Å². The van der Waals surface area contributed by atoms with Crippen LogP contribution in [0.3, 0.4) is 0 Å². The van der Waals surface area contributed by atoms with Gasteiger partial charge in [-0.25, -0.2) is 9.78 Å². The smallest absolute Gasteiger partial charge is 0.354 e. The fourth-order valence-corrected chi connectivity index (χ4v) is 2.00. The van der Waals surface area contributed by atoms with Gasteiger partial charge < -0.3 is 15.2 Å². The van der Waals surface area contributed by atoms with Crippen molar-refractivity contribution in [3.8, 4) is 5.75 Å². The van der Waals surface area contributed by atoms with Crippen LogP contribution >= 0.6 is 0 Å². The molecule has 1 aromatic heterocycles. The molecule has 2 N–H and O–H groups in total. The second-order valence-electron chi connectivity index (χ2n) is 4.80. The number of aromatic nitrogens is 1. The lowest BCUT2D eigenvalue weighted by atomic mass is 10.2. The second-order valence-corrected chi connectivity index (χ2v) is 4.80. The van der Waals surface area contributed by atoms with Gasteiger partial charge in [-0.3, -0.25) is 4.79 Å². The molecule has 0 aromatic carbocycles. The maximum absolute atomic E-state index is 12.0. The van der Waals surface area contributed by atoms with Gasteiger partial charge in [0.2, 0.25) is 0 Å². The van der Waals surface area contributed by atoms with Gasteiger partial charge in [0.25, 0.3) is 5.91 Å². The molecule has 102 valence electrons. The van der Waals surface area contributed by atoms with Gasteiger partial charge >= 0.3 is 5.97 Å². The van der Waals surface area contributed by atoms with E-state index in [0.29, 0.717) is 17.6 Å². The number of carboxylic acids is 1. The third kappa shape index (κ3) is 2.67. The van der Waals surface area contributed by atoms with Gasteiger partial charge in [-0.1, -0.05) is 13.8 Å². The first-order valence-electron chi connectivity index (χ1n) is 6.04. The van der Waals surface area contributed by atoms with Gasteiger partial charge in [-0.2, -0.15) is 0 Å². The van der Waals surface area contributed by atoms with Crippen molar-refractivity contribution in [3.63, 3.8) is 0 Å². The number of amides is 1. The average molecular weight is 264 g/mol. The molecule has 0 bridgehead atoms. The van der Waals surface area contributed by atoms with E-state index in [2.05, 4.69) is 24.1 Å². The van der Waals surface area contributed by atoms with Crippen molar-refractivity contribution in [2.45, 2.75) is 19.9 Å². The quantitative estimate of drug-likeness (QED) is 0.852. The van der Waals surface area contributed by atoms with Gasteiger partial charge in [0, 0.05) is 18.2 Å². The van der Waals surface area contributed by atoms with Crippen LogP contribution < -0.4 is 10.1 Å². The molecule has 1 fully saturated rings. The average Bonchev–Trinajstić information content (AvgIpc) is 2.96. The summed E-state index contributed by atoms with van der Waals surface area (Å²) in [5.41, 5.74) is -0.149. The Hall–Kier alpha value is -2.11. The highest BCUT2D eigenvalue weighted by Gasteiger charge is 2.44. The molecule has 1 saturated carbocycles. The Balaban J connectivity index is 2.21. The highest BCUT2D eigenvalue weighted by Crippen LogP contribution is 2.37. The standard InChI is InChI=1S/C13H16N2O4/c1-6-7(2)11(6)15-12(16)9-4-8(19-3)5-10(14-9)13(17)18/h4-7,11H,1-3H3,(H,15,16)(H,17,18)/t6-,7+,11?. The molecule has 1 unspecified atom stereocenters. The number of rotatable bonds is 4. The monoisotopic (exact) mass is 264 g/mol. The minimum absolute atomic E-state index is 0.0584. The molecule has 3 atom stereocenters. The highest BCUT2D eigenvalue weighted by atomic mass is 16.5. The molecule has 1 aliphatic rings. The topological polar surface area (TPSA) is 88.5 Å². The number of methoxy groups -OCH3 is 1. The number of nitrogens with one attached hydrogen (secondary N) is 1. The summed E-state index contributed by atoms with van der Waals surface area (Å²) >= 11 is 0.